The van der Waals surface area contributed by atoms with Crippen molar-refractivity contribution >= 4 is 38.0 Å². The number of hydrogen-bond donors (Lipinski definition) is 0. The first-order valence-corrected chi connectivity index (χ1v) is 17.0. The van der Waals surface area contributed by atoms with Crippen LogP contribution in [-0.4, -0.2) is 67.3 Å². The van der Waals surface area contributed by atoms with Crippen molar-refractivity contribution in [3.63, 3.8) is 0 Å². The van der Waals surface area contributed by atoms with E-state index in [1.807, 2.05) is 37.4 Å². The molecule has 40 heavy (non-hydrogen) atoms. The molecular formula is C28H41N2O8SSi+. The van der Waals surface area contributed by atoms with E-state index in [0.717, 1.165) is 4.90 Å². The normalized spacial score (nSPS) is 23.4. The summed E-state index contributed by atoms with van der Waals surface area (Å²) in [6.45, 7) is 13.2. The van der Waals surface area contributed by atoms with Gasteiger partial charge in [-0.25, -0.2) is 13.9 Å². The first kappa shape index (κ1) is 31.8. The predicted molar refractivity (Wildman–Crippen MR) is 151 cm³/mol. The highest BCUT2D eigenvalue weighted by atomic mass is 32.2. The van der Waals surface area contributed by atoms with E-state index < -0.39 is 56.1 Å². The largest absolute Gasteiger partial charge is 0.455 e. The molecule has 1 aromatic heterocycles. The number of rotatable bonds is 10. The lowest BCUT2D eigenvalue weighted by Gasteiger charge is -2.45. The molecule has 0 bridgehead atoms. The lowest BCUT2D eigenvalue weighted by atomic mass is 9.99. The van der Waals surface area contributed by atoms with Gasteiger partial charge < -0.3 is 23.4 Å². The quantitative estimate of drug-likeness (QED) is 0.177. The summed E-state index contributed by atoms with van der Waals surface area (Å²) in [4.78, 5) is 38.5. The Labute approximate surface area is 241 Å². The molecule has 220 valence electrons. The van der Waals surface area contributed by atoms with Gasteiger partial charge in [-0.15, -0.1) is 0 Å². The zero-order chi connectivity index (χ0) is 29.7. The van der Waals surface area contributed by atoms with Crippen molar-refractivity contribution < 1.29 is 42.3 Å². The summed E-state index contributed by atoms with van der Waals surface area (Å²) in [5.74, 6) is -1.74. The predicted octanol–water partition coefficient (Wildman–Crippen LogP) is 3.63. The third kappa shape index (κ3) is 8.66. The molecule has 0 saturated carbocycles. The van der Waals surface area contributed by atoms with Crippen LogP contribution >= 0.6 is 11.8 Å². The summed E-state index contributed by atoms with van der Waals surface area (Å²) >= 11 is 1.33. The SMILES string of the molecule is CC(=O)O[C@@H]1[C@@H](OC(C)=O)[C@H](Sc2ccccc2)O[C@H](CO[Si](C)(C)C(C)(C)C)[C@H]1OC(=O)Cn1cc[n+](C)c1. The van der Waals surface area contributed by atoms with E-state index in [9.17, 15) is 14.4 Å². The summed E-state index contributed by atoms with van der Waals surface area (Å²) in [5.41, 5.74) is -0.762. The van der Waals surface area contributed by atoms with Gasteiger partial charge in [0.05, 0.1) is 13.7 Å². The van der Waals surface area contributed by atoms with Crippen LogP contribution in [0.1, 0.15) is 34.6 Å². The Morgan fingerprint density at radius 1 is 1.00 bits per heavy atom. The molecule has 1 aliphatic rings. The molecule has 0 spiro atoms. The monoisotopic (exact) mass is 593 g/mol. The van der Waals surface area contributed by atoms with Gasteiger partial charge in [0.1, 0.15) is 23.9 Å². The molecule has 0 amide bonds. The minimum Gasteiger partial charge on any atom is -0.455 e. The Morgan fingerprint density at radius 2 is 1.62 bits per heavy atom. The van der Waals surface area contributed by atoms with E-state index in [1.165, 1.54) is 25.6 Å². The fourth-order valence-electron chi connectivity index (χ4n) is 3.97. The molecule has 5 atom stereocenters. The highest BCUT2D eigenvalue weighted by Gasteiger charge is 2.53. The third-order valence-electron chi connectivity index (χ3n) is 7.01. The van der Waals surface area contributed by atoms with Gasteiger partial charge >= 0.3 is 17.9 Å². The maximum absolute atomic E-state index is 13.1. The van der Waals surface area contributed by atoms with E-state index in [4.69, 9.17) is 23.4 Å². The molecule has 0 unspecified atom stereocenters. The molecule has 10 nitrogen and oxygen atoms in total. The standard InChI is InChI=1S/C28H41N2O8SSi/c1-19(31)35-25-24(38-23(33)16-30-15-14-29(6)18-30)22(17-34-40(7,8)28(3,4)5)37-27(26(25)36-20(2)32)39-21-12-10-9-11-13-21/h9-15,18,22,24-27H,16-17H2,1-8H3/q+1/t22-,24-,25+,26-,27+/m1/s1. The summed E-state index contributed by atoms with van der Waals surface area (Å²) in [5, 5.41) is -0.0778. The molecule has 0 radical (unpaired) electrons. The second-order valence-corrected chi connectivity index (χ2v) is 17.4. The number of carbonyl (C=O) groups excluding carboxylic acids is 3. The second kappa shape index (κ2) is 13.3. The number of hydrogen-bond acceptors (Lipinski definition) is 9. The topological polar surface area (TPSA) is 106 Å². The number of aryl methyl sites for hydroxylation is 1. The Bertz CT molecular complexity index is 1170. The highest BCUT2D eigenvalue weighted by molar-refractivity contribution is 7.99. The van der Waals surface area contributed by atoms with Crippen molar-refractivity contribution in [2.75, 3.05) is 6.61 Å². The average molecular weight is 594 g/mol. The van der Waals surface area contributed by atoms with Crippen molar-refractivity contribution in [2.24, 2.45) is 7.05 Å². The van der Waals surface area contributed by atoms with Gasteiger partial charge in [-0.2, -0.15) is 0 Å². The number of imidazole rings is 1. The van der Waals surface area contributed by atoms with E-state index >= 15 is 0 Å². The molecule has 2 aromatic rings. The number of thioether (sulfide) groups is 1. The second-order valence-electron chi connectivity index (χ2n) is 11.4. The molecule has 1 aromatic carbocycles. The number of ether oxygens (including phenoxy) is 4. The van der Waals surface area contributed by atoms with Gasteiger partial charge in [0.25, 0.3) is 0 Å². The third-order valence-corrected chi connectivity index (χ3v) is 12.7. The van der Waals surface area contributed by atoms with Gasteiger partial charge in [0.15, 0.2) is 33.2 Å². The van der Waals surface area contributed by atoms with Gasteiger partial charge in [0.2, 0.25) is 6.33 Å². The van der Waals surface area contributed by atoms with Crippen LogP contribution in [0.2, 0.25) is 18.1 Å². The van der Waals surface area contributed by atoms with Gasteiger partial charge in [-0.1, -0.05) is 50.7 Å². The smallest absolute Gasteiger partial charge is 0.349 e. The number of nitrogens with zero attached hydrogens (tertiary/aromatic N) is 2. The first-order chi connectivity index (χ1) is 18.7. The Kier molecular flexibility index (Phi) is 10.6. The molecule has 0 N–H and O–H groups in total. The maximum Gasteiger partial charge on any atom is 0.349 e. The molecule has 0 aliphatic carbocycles. The van der Waals surface area contributed by atoms with Crippen molar-refractivity contribution in [3.05, 3.63) is 49.1 Å². The van der Waals surface area contributed by atoms with Gasteiger partial charge in [0, 0.05) is 18.7 Å². The summed E-state index contributed by atoms with van der Waals surface area (Å²) < 4.78 is 33.8. The number of aromatic nitrogens is 2. The number of benzene rings is 1. The lowest BCUT2D eigenvalue weighted by molar-refractivity contribution is -0.671. The highest BCUT2D eigenvalue weighted by Crippen LogP contribution is 2.40. The maximum atomic E-state index is 13.1. The van der Waals surface area contributed by atoms with Crippen molar-refractivity contribution in [3.8, 4) is 0 Å². The Balaban J connectivity index is 1.98. The van der Waals surface area contributed by atoms with Crippen LogP contribution in [0.15, 0.2) is 53.9 Å². The first-order valence-electron chi connectivity index (χ1n) is 13.2. The zero-order valence-corrected chi connectivity index (χ0v) is 26.3. The molecule has 1 aliphatic heterocycles. The van der Waals surface area contributed by atoms with Crippen LogP contribution < -0.4 is 4.57 Å². The number of esters is 3. The minimum atomic E-state index is -2.24. The van der Waals surface area contributed by atoms with E-state index in [1.54, 1.807) is 27.9 Å². The van der Waals surface area contributed by atoms with E-state index in [2.05, 4.69) is 33.9 Å². The van der Waals surface area contributed by atoms with Crippen LogP contribution in [0.25, 0.3) is 0 Å². The fourth-order valence-corrected chi connectivity index (χ4v) is 6.11. The van der Waals surface area contributed by atoms with Gasteiger partial charge in [-0.05, 0) is 30.3 Å². The van der Waals surface area contributed by atoms with Gasteiger partial charge in [-0.3, -0.25) is 9.59 Å². The number of carbonyl (C=O) groups is 3. The van der Waals surface area contributed by atoms with Crippen molar-refractivity contribution in [1.29, 1.82) is 0 Å². The van der Waals surface area contributed by atoms with Crippen LogP contribution in [0, 0.1) is 0 Å². The summed E-state index contributed by atoms with van der Waals surface area (Å²) in [6.07, 6.45) is 1.25. The molecular weight excluding hydrogens is 552 g/mol. The van der Waals surface area contributed by atoms with Crippen molar-refractivity contribution in [1.82, 2.24) is 4.57 Å². The Hall–Kier alpha value is -2.67. The summed E-state index contributed by atoms with van der Waals surface area (Å²) in [7, 11) is -0.394. The van der Waals surface area contributed by atoms with Crippen LogP contribution in [0.5, 0.6) is 0 Å². The zero-order valence-electron chi connectivity index (χ0n) is 24.5. The molecule has 3 rings (SSSR count). The molecule has 1 fully saturated rings. The Morgan fingerprint density at radius 3 is 2.17 bits per heavy atom. The lowest BCUT2D eigenvalue weighted by Crippen LogP contribution is -2.62. The van der Waals surface area contributed by atoms with Crippen LogP contribution in [0.4, 0.5) is 0 Å². The molecule has 12 heteroatoms. The average Bonchev–Trinajstić information content (AvgIpc) is 3.25. The molecule has 1 saturated heterocycles. The van der Waals surface area contributed by atoms with Crippen molar-refractivity contribution in [2.45, 2.75) is 94.0 Å². The van der Waals surface area contributed by atoms with E-state index in [0.29, 0.717) is 0 Å². The van der Waals surface area contributed by atoms with Crippen LogP contribution in [-0.2, 0) is 51.3 Å². The molecule has 2 heterocycles. The fraction of sp³-hybridized carbons (Fsp3) is 0.571. The minimum absolute atomic E-state index is 0.0691. The van der Waals surface area contributed by atoms with Crippen LogP contribution in [0.3, 0.4) is 0 Å². The van der Waals surface area contributed by atoms with E-state index in [-0.39, 0.29) is 18.2 Å². The summed E-state index contributed by atoms with van der Waals surface area (Å²) in [6, 6.07) is 9.49.